The maximum absolute atomic E-state index is 10.8. The summed E-state index contributed by atoms with van der Waals surface area (Å²) in [5.74, 6) is -0.174. The fourth-order valence-corrected chi connectivity index (χ4v) is 3.13. The van der Waals surface area contributed by atoms with E-state index in [9.17, 15) is 4.79 Å². The van der Waals surface area contributed by atoms with Gasteiger partial charge in [0.15, 0.2) is 0 Å². The Bertz CT molecular complexity index is 405. The molecule has 1 saturated heterocycles. The summed E-state index contributed by atoms with van der Waals surface area (Å²) in [6.45, 7) is 4.90. The van der Waals surface area contributed by atoms with Gasteiger partial charge in [-0.25, -0.2) is 0 Å². The van der Waals surface area contributed by atoms with Crippen molar-refractivity contribution in [3.63, 3.8) is 0 Å². The van der Waals surface area contributed by atoms with E-state index in [2.05, 4.69) is 10.4 Å². The van der Waals surface area contributed by atoms with Crippen LogP contribution in [0.15, 0.2) is 6.20 Å². The molecular weight excluding hydrogens is 226 g/mol. The zero-order valence-electron chi connectivity index (χ0n) is 9.30. The van der Waals surface area contributed by atoms with Crippen LogP contribution in [0.4, 0.5) is 0 Å². The summed E-state index contributed by atoms with van der Waals surface area (Å²) in [5, 5.41) is 16.3. The van der Waals surface area contributed by atoms with Gasteiger partial charge in [0.05, 0.1) is 11.6 Å². The van der Waals surface area contributed by atoms with Gasteiger partial charge in [-0.1, -0.05) is 0 Å². The van der Waals surface area contributed by atoms with Gasteiger partial charge in [0.1, 0.15) is 6.04 Å². The van der Waals surface area contributed by atoms with Crippen molar-refractivity contribution >= 4 is 17.7 Å². The molecule has 1 aromatic rings. The number of hydrogen-bond acceptors (Lipinski definition) is 4. The molecule has 1 aromatic heterocycles. The molecular formula is C10H15N3O2S. The van der Waals surface area contributed by atoms with Crippen molar-refractivity contribution in [3.8, 4) is 0 Å². The van der Waals surface area contributed by atoms with Gasteiger partial charge in [-0.05, 0) is 13.8 Å². The van der Waals surface area contributed by atoms with E-state index in [1.807, 2.05) is 24.7 Å². The number of aryl methyl sites for hydroxylation is 1. The fraction of sp³-hybridized carbons (Fsp3) is 0.600. The van der Waals surface area contributed by atoms with Crippen molar-refractivity contribution in [2.24, 2.45) is 0 Å². The molecule has 0 radical (unpaired) electrons. The first kappa shape index (κ1) is 11.5. The predicted molar refractivity (Wildman–Crippen MR) is 62.4 cm³/mol. The summed E-state index contributed by atoms with van der Waals surface area (Å²) in [4.78, 5) is 10.8. The van der Waals surface area contributed by atoms with E-state index < -0.39 is 12.0 Å². The molecule has 0 saturated carbocycles. The van der Waals surface area contributed by atoms with Crippen molar-refractivity contribution in [1.82, 2.24) is 15.1 Å². The van der Waals surface area contributed by atoms with Crippen LogP contribution in [0.1, 0.15) is 23.6 Å². The van der Waals surface area contributed by atoms with Crippen molar-refractivity contribution in [3.05, 3.63) is 17.5 Å². The standard InChI is InChI=1S/C10H15N3O2S/c1-3-13-6(2)7(4-11-13)9-12-8(5-16-9)10(14)15/h4,8-9,12H,3,5H2,1-2H3,(H,14,15)/t8-,9-/m0/s1. The molecule has 2 N–H and O–H groups in total. The fourth-order valence-electron chi connectivity index (χ4n) is 1.83. The zero-order chi connectivity index (χ0) is 11.7. The number of carbonyl (C=O) groups is 1. The molecule has 0 amide bonds. The first-order valence-electron chi connectivity index (χ1n) is 5.26. The number of aliphatic carboxylic acids is 1. The third-order valence-electron chi connectivity index (χ3n) is 2.80. The van der Waals surface area contributed by atoms with Crippen LogP contribution in [0.25, 0.3) is 0 Å². The molecule has 16 heavy (non-hydrogen) atoms. The normalized spacial score (nSPS) is 24.9. The number of carboxylic acids is 1. The third kappa shape index (κ3) is 1.94. The molecule has 2 rings (SSSR count). The SMILES string of the molecule is CCn1ncc([C@H]2N[C@H](C(=O)O)CS2)c1C. The average molecular weight is 241 g/mol. The van der Waals surface area contributed by atoms with Crippen molar-refractivity contribution in [2.45, 2.75) is 31.8 Å². The number of thioether (sulfide) groups is 1. The Morgan fingerprint density at radius 1 is 1.81 bits per heavy atom. The Hall–Kier alpha value is -1.01. The Kier molecular flexibility index (Phi) is 3.20. The second kappa shape index (κ2) is 4.47. The van der Waals surface area contributed by atoms with Crippen LogP contribution in [-0.2, 0) is 11.3 Å². The van der Waals surface area contributed by atoms with Gasteiger partial charge in [-0.2, -0.15) is 5.10 Å². The Morgan fingerprint density at radius 3 is 3.06 bits per heavy atom. The van der Waals surface area contributed by atoms with Crippen LogP contribution >= 0.6 is 11.8 Å². The van der Waals surface area contributed by atoms with Crippen molar-refractivity contribution in [2.75, 3.05) is 5.75 Å². The molecule has 0 aliphatic carbocycles. The number of nitrogens with zero attached hydrogens (tertiary/aromatic N) is 2. The van der Waals surface area contributed by atoms with E-state index in [0.717, 1.165) is 17.8 Å². The van der Waals surface area contributed by atoms with E-state index in [4.69, 9.17) is 5.11 Å². The van der Waals surface area contributed by atoms with Crippen molar-refractivity contribution in [1.29, 1.82) is 0 Å². The lowest BCUT2D eigenvalue weighted by atomic mass is 10.2. The molecule has 0 aromatic carbocycles. The molecule has 2 atom stereocenters. The van der Waals surface area contributed by atoms with E-state index in [0.29, 0.717) is 5.75 Å². The molecule has 5 nitrogen and oxygen atoms in total. The van der Waals surface area contributed by atoms with Crippen molar-refractivity contribution < 1.29 is 9.90 Å². The van der Waals surface area contributed by atoms with Crippen LogP contribution in [0.5, 0.6) is 0 Å². The van der Waals surface area contributed by atoms with Gasteiger partial charge in [0.25, 0.3) is 0 Å². The van der Waals surface area contributed by atoms with Crippen LogP contribution in [0, 0.1) is 6.92 Å². The zero-order valence-corrected chi connectivity index (χ0v) is 10.1. The minimum atomic E-state index is -0.782. The van der Waals surface area contributed by atoms with E-state index in [1.165, 1.54) is 0 Å². The van der Waals surface area contributed by atoms with Crippen LogP contribution in [-0.4, -0.2) is 32.7 Å². The molecule has 1 aliphatic rings. The first-order valence-corrected chi connectivity index (χ1v) is 6.31. The average Bonchev–Trinajstić information content (AvgIpc) is 2.83. The maximum Gasteiger partial charge on any atom is 0.321 e. The van der Waals surface area contributed by atoms with E-state index in [-0.39, 0.29) is 5.37 Å². The lowest BCUT2D eigenvalue weighted by Crippen LogP contribution is -2.33. The highest BCUT2D eigenvalue weighted by Gasteiger charge is 2.31. The monoisotopic (exact) mass is 241 g/mol. The molecule has 1 fully saturated rings. The Labute approximate surface area is 98.2 Å². The van der Waals surface area contributed by atoms with Gasteiger partial charge in [0, 0.05) is 23.6 Å². The molecule has 0 spiro atoms. The summed E-state index contributed by atoms with van der Waals surface area (Å²) in [6.07, 6.45) is 1.83. The largest absolute Gasteiger partial charge is 0.480 e. The number of nitrogens with one attached hydrogen (secondary N) is 1. The summed E-state index contributed by atoms with van der Waals surface area (Å²) >= 11 is 1.62. The van der Waals surface area contributed by atoms with Gasteiger partial charge >= 0.3 is 5.97 Å². The summed E-state index contributed by atoms with van der Waals surface area (Å²) in [7, 11) is 0. The molecule has 0 bridgehead atoms. The molecule has 1 aliphatic heterocycles. The minimum absolute atomic E-state index is 0.0569. The highest BCUT2D eigenvalue weighted by Crippen LogP contribution is 2.34. The van der Waals surface area contributed by atoms with Crippen LogP contribution in [0.3, 0.4) is 0 Å². The second-order valence-electron chi connectivity index (χ2n) is 3.77. The third-order valence-corrected chi connectivity index (χ3v) is 4.05. The summed E-state index contributed by atoms with van der Waals surface area (Å²) in [6, 6.07) is -0.445. The van der Waals surface area contributed by atoms with E-state index in [1.54, 1.807) is 11.8 Å². The lowest BCUT2D eigenvalue weighted by molar-refractivity contribution is -0.138. The molecule has 88 valence electrons. The number of rotatable bonds is 3. The summed E-state index contributed by atoms with van der Waals surface area (Å²) in [5.41, 5.74) is 2.20. The van der Waals surface area contributed by atoms with E-state index >= 15 is 0 Å². The first-order chi connectivity index (χ1) is 7.63. The van der Waals surface area contributed by atoms with Gasteiger partial charge < -0.3 is 5.11 Å². The summed E-state index contributed by atoms with van der Waals surface area (Å²) < 4.78 is 1.92. The molecule has 2 heterocycles. The Balaban J connectivity index is 2.14. The highest BCUT2D eigenvalue weighted by atomic mass is 32.2. The minimum Gasteiger partial charge on any atom is -0.480 e. The number of hydrogen-bond donors (Lipinski definition) is 2. The number of aromatic nitrogens is 2. The van der Waals surface area contributed by atoms with Crippen LogP contribution < -0.4 is 5.32 Å². The Morgan fingerprint density at radius 2 is 2.56 bits per heavy atom. The quantitative estimate of drug-likeness (QED) is 0.826. The highest BCUT2D eigenvalue weighted by molar-refractivity contribution is 7.99. The van der Waals surface area contributed by atoms with Gasteiger partial charge in [-0.15, -0.1) is 11.8 Å². The second-order valence-corrected chi connectivity index (χ2v) is 4.91. The lowest BCUT2D eigenvalue weighted by Gasteiger charge is -2.10. The maximum atomic E-state index is 10.8. The smallest absolute Gasteiger partial charge is 0.321 e. The van der Waals surface area contributed by atoms with Gasteiger partial charge in [-0.3, -0.25) is 14.8 Å². The predicted octanol–water partition coefficient (Wildman–Crippen LogP) is 1.000. The molecule has 6 heteroatoms. The topological polar surface area (TPSA) is 67.2 Å². The number of carboxylic acid groups (broad SMARTS) is 1. The molecule has 0 unspecified atom stereocenters. The van der Waals surface area contributed by atoms with Crippen LogP contribution in [0.2, 0.25) is 0 Å². The van der Waals surface area contributed by atoms with Gasteiger partial charge in [0.2, 0.25) is 0 Å².